The molecule has 12 heteroatoms. The SMILES string of the molecule is C=CCN(CC(=O)OC)c1cc(NC(C)=O)c(N=Nc2nc3cc(Cl)c(Cl)cc3s2)cc1Cl. The maximum absolute atomic E-state index is 11.8. The van der Waals surface area contributed by atoms with Gasteiger partial charge in [0.05, 0.1) is 43.8 Å². The number of fused-ring (bicyclic) bond motifs is 1. The number of nitrogens with zero attached hydrogens (tertiary/aromatic N) is 4. The highest BCUT2D eigenvalue weighted by Gasteiger charge is 2.18. The number of hydrogen-bond donors (Lipinski definition) is 1. The number of aromatic nitrogens is 1. The molecule has 0 aliphatic rings. The molecular formula is C21H18Cl3N5O3S. The highest BCUT2D eigenvalue weighted by Crippen LogP contribution is 2.39. The molecule has 0 radical (unpaired) electrons. The molecule has 1 heterocycles. The van der Waals surface area contributed by atoms with Crippen molar-refractivity contribution >= 4 is 90.4 Å². The van der Waals surface area contributed by atoms with Crippen molar-refractivity contribution in [3.8, 4) is 0 Å². The molecule has 3 aromatic rings. The number of hydrogen-bond acceptors (Lipinski definition) is 8. The van der Waals surface area contributed by atoms with Crippen LogP contribution < -0.4 is 10.2 Å². The van der Waals surface area contributed by atoms with Crippen molar-refractivity contribution in [2.75, 3.05) is 30.4 Å². The number of halogens is 3. The van der Waals surface area contributed by atoms with E-state index in [1.807, 2.05) is 0 Å². The molecule has 0 spiro atoms. The number of carbonyl (C=O) groups excluding carboxylic acids is 2. The Labute approximate surface area is 208 Å². The first-order valence-electron chi connectivity index (χ1n) is 9.43. The van der Waals surface area contributed by atoms with E-state index in [9.17, 15) is 9.59 Å². The molecule has 0 bridgehead atoms. The van der Waals surface area contributed by atoms with Gasteiger partial charge in [0.15, 0.2) is 0 Å². The Balaban J connectivity index is 2.00. The van der Waals surface area contributed by atoms with Crippen LogP contribution in [0.5, 0.6) is 0 Å². The maximum Gasteiger partial charge on any atom is 0.325 e. The van der Waals surface area contributed by atoms with Gasteiger partial charge in [0.1, 0.15) is 12.2 Å². The number of carbonyl (C=O) groups is 2. The number of thiazole rings is 1. The van der Waals surface area contributed by atoms with Gasteiger partial charge in [-0.05, 0) is 24.3 Å². The number of benzene rings is 2. The van der Waals surface area contributed by atoms with Gasteiger partial charge >= 0.3 is 5.97 Å². The van der Waals surface area contributed by atoms with Crippen LogP contribution in [0.4, 0.5) is 22.2 Å². The van der Waals surface area contributed by atoms with Crippen molar-refractivity contribution in [2.24, 2.45) is 10.2 Å². The highest BCUT2D eigenvalue weighted by molar-refractivity contribution is 7.22. The minimum absolute atomic E-state index is 0.0561. The van der Waals surface area contributed by atoms with E-state index < -0.39 is 5.97 Å². The molecule has 8 nitrogen and oxygen atoms in total. The first-order chi connectivity index (χ1) is 15.7. The molecule has 2 aromatic carbocycles. The lowest BCUT2D eigenvalue weighted by molar-refractivity contribution is -0.138. The number of ether oxygens (including phenoxy) is 1. The molecule has 0 unspecified atom stereocenters. The fourth-order valence-corrected chi connectivity index (χ4v) is 4.31. The van der Waals surface area contributed by atoms with Gasteiger partial charge in [-0.25, -0.2) is 4.98 Å². The third kappa shape index (κ3) is 6.20. The molecule has 0 aliphatic heterocycles. The molecule has 1 aromatic heterocycles. The number of azo groups is 1. The van der Waals surface area contributed by atoms with Crippen LogP contribution in [0.25, 0.3) is 10.2 Å². The molecule has 0 fully saturated rings. The number of methoxy groups -OCH3 is 1. The van der Waals surface area contributed by atoms with Gasteiger partial charge < -0.3 is 15.0 Å². The Bertz CT molecular complexity index is 1220. The van der Waals surface area contributed by atoms with E-state index in [2.05, 4.69) is 27.1 Å². The number of rotatable bonds is 8. The zero-order chi connectivity index (χ0) is 24.1. The number of anilines is 2. The summed E-state index contributed by atoms with van der Waals surface area (Å²) >= 11 is 19.9. The first-order valence-corrected chi connectivity index (χ1v) is 11.4. The molecule has 1 amide bonds. The van der Waals surface area contributed by atoms with Crippen molar-refractivity contribution in [2.45, 2.75) is 6.92 Å². The first kappa shape index (κ1) is 24.9. The summed E-state index contributed by atoms with van der Waals surface area (Å²) in [6.07, 6.45) is 1.62. The van der Waals surface area contributed by atoms with Crippen molar-refractivity contribution in [1.82, 2.24) is 4.98 Å². The van der Waals surface area contributed by atoms with Gasteiger partial charge in [0, 0.05) is 13.5 Å². The fourth-order valence-electron chi connectivity index (χ4n) is 2.84. The van der Waals surface area contributed by atoms with Gasteiger partial charge in [0.25, 0.3) is 0 Å². The summed E-state index contributed by atoms with van der Waals surface area (Å²) in [5, 5.41) is 12.6. The van der Waals surface area contributed by atoms with Crippen LogP contribution in [0.3, 0.4) is 0 Å². The van der Waals surface area contributed by atoms with Crippen LogP contribution in [-0.4, -0.2) is 37.1 Å². The Kier molecular flexibility index (Phi) is 8.25. The van der Waals surface area contributed by atoms with Crippen LogP contribution in [0, 0.1) is 0 Å². The molecule has 172 valence electrons. The Hall–Kier alpha value is -2.72. The third-order valence-electron chi connectivity index (χ3n) is 4.28. The Morgan fingerprint density at radius 2 is 1.91 bits per heavy atom. The Morgan fingerprint density at radius 3 is 2.58 bits per heavy atom. The van der Waals surface area contributed by atoms with E-state index >= 15 is 0 Å². The van der Waals surface area contributed by atoms with Gasteiger partial charge in [-0.1, -0.05) is 52.2 Å². The van der Waals surface area contributed by atoms with Crippen molar-refractivity contribution in [1.29, 1.82) is 0 Å². The predicted octanol–water partition coefficient (Wildman–Crippen LogP) is 6.80. The van der Waals surface area contributed by atoms with Crippen LogP contribution in [0.2, 0.25) is 15.1 Å². The van der Waals surface area contributed by atoms with Crippen LogP contribution in [-0.2, 0) is 14.3 Å². The average Bonchev–Trinajstić information content (AvgIpc) is 3.14. The van der Waals surface area contributed by atoms with Gasteiger partial charge in [-0.3, -0.25) is 9.59 Å². The zero-order valence-electron chi connectivity index (χ0n) is 17.6. The van der Waals surface area contributed by atoms with Crippen LogP contribution in [0.1, 0.15) is 6.92 Å². The lowest BCUT2D eigenvalue weighted by Crippen LogP contribution is -2.31. The largest absolute Gasteiger partial charge is 0.468 e. The van der Waals surface area contributed by atoms with Crippen LogP contribution >= 0.6 is 46.1 Å². The number of amides is 1. The Morgan fingerprint density at radius 1 is 1.18 bits per heavy atom. The monoisotopic (exact) mass is 525 g/mol. The predicted molar refractivity (Wildman–Crippen MR) is 134 cm³/mol. The van der Waals surface area contributed by atoms with Crippen molar-refractivity contribution in [3.63, 3.8) is 0 Å². The van der Waals surface area contributed by atoms with Crippen molar-refractivity contribution in [3.05, 3.63) is 52.0 Å². The molecule has 3 rings (SSSR count). The molecule has 0 saturated carbocycles. The summed E-state index contributed by atoms with van der Waals surface area (Å²) in [7, 11) is 1.30. The summed E-state index contributed by atoms with van der Waals surface area (Å²) in [5.41, 5.74) is 1.80. The summed E-state index contributed by atoms with van der Waals surface area (Å²) in [6, 6.07) is 6.51. The summed E-state index contributed by atoms with van der Waals surface area (Å²) in [6.45, 7) is 5.34. The second-order valence-corrected chi connectivity index (χ2v) is 8.91. The minimum Gasteiger partial charge on any atom is -0.468 e. The molecule has 0 saturated heterocycles. The molecule has 33 heavy (non-hydrogen) atoms. The highest BCUT2D eigenvalue weighted by atomic mass is 35.5. The van der Waals surface area contributed by atoms with E-state index in [0.29, 0.717) is 49.3 Å². The fraction of sp³-hybridized carbons (Fsp3) is 0.190. The van der Waals surface area contributed by atoms with E-state index in [4.69, 9.17) is 39.5 Å². The topological polar surface area (TPSA) is 96.2 Å². The number of nitrogens with one attached hydrogen (secondary N) is 1. The van der Waals surface area contributed by atoms with Crippen LogP contribution in [0.15, 0.2) is 47.1 Å². The molecule has 0 aliphatic carbocycles. The molecular weight excluding hydrogens is 509 g/mol. The quantitative estimate of drug-likeness (QED) is 0.198. The standard InChI is InChI=1S/C21H18Cl3N5O3S/c1-4-5-29(10-20(31)32-3)18-9-15(25-11(2)30)16(7-14(18)24)27-28-21-26-17-6-12(22)13(23)8-19(17)33-21/h4,6-9H,1,5,10H2,2-3H3,(H,25,30). The maximum atomic E-state index is 11.8. The van der Waals surface area contributed by atoms with Gasteiger partial charge in [-0.2, -0.15) is 0 Å². The lowest BCUT2D eigenvalue weighted by atomic mass is 10.2. The second-order valence-electron chi connectivity index (χ2n) is 6.68. The normalized spacial score (nSPS) is 11.1. The van der Waals surface area contributed by atoms with Gasteiger partial charge in [-0.15, -0.1) is 16.8 Å². The third-order valence-corrected chi connectivity index (χ3v) is 6.20. The summed E-state index contributed by atoms with van der Waals surface area (Å²) in [5.74, 6) is -0.763. The van der Waals surface area contributed by atoms with Crippen molar-refractivity contribution < 1.29 is 14.3 Å². The number of esters is 1. The van der Waals surface area contributed by atoms with E-state index in [0.717, 1.165) is 4.70 Å². The van der Waals surface area contributed by atoms with E-state index in [-0.39, 0.29) is 12.5 Å². The zero-order valence-corrected chi connectivity index (χ0v) is 20.6. The minimum atomic E-state index is -0.450. The smallest absolute Gasteiger partial charge is 0.325 e. The lowest BCUT2D eigenvalue weighted by Gasteiger charge is -2.24. The van der Waals surface area contributed by atoms with E-state index in [1.165, 1.54) is 25.4 Å². The summed E-state index contributed by atoms with van der Waals surface area (Å²) in [4.78, 5) is 29.6. The van der Waals surface area contributed by atoms with Gasteiger partial charge in [0.2, 0.25) is 11.0 Å². The summed E-state index contributed by atoms with van der Waals surface area (Å²) < 4.78 is 5.55. The molecule has 1 N–H and O–H groups in total. The second kappa shape index (κ2) is 10.9. The molecule has 0 atom stereocenters. The van der Waals surface area contributed by atoms with E-state index in [1.54, 1.807) is 35.2 Å². The average molecular weight is 527 g/mol.